The van der Waals surface area contributed by atoms with Crippen molar-refractivity contribution in [3.05, 3.63) is 33.9 Å². The van der Waals surface area contributed by atoms with Gasteiger partial charge in [-0.05, 0) is 37.7 Å². The summed E-state index contributed by atoms with van der Waals surface area (Å²) >= 11 is 0. The molecule has 0 spiro atoms. The van der Waals surface area contributed by atoms with Gasteiger partial charge in [-0.15, -0.1) is 0 Å². The molecule has 1 N–H and O–H groups in total. The highest BCUT2D eigenvalue weighted by atomic mass is 16.6. The number of hydrogen-bond donors (Lipinski definition) is 1. The van der Waals surface area contributed by atoms with Crippen molar-refractivity contribution in [2.75, 3.05) is 5.32 Å². The zero-order valence-corrected chi connectivity index (χ0v) is 13.1. The van der Waals surface area contributed by atoms with Crippen LogP contribution in [-0.4, -0.2) is 11.0 Å². The van der Waals surface area contributed by atoms with Crippen molar-refractivity contribution in [1.82, 2.24) is 0 Å². The summed E-state index contributed by atoms with van der Waals surface area (Å²) in [6.45, 7) is 4.26. The first kappa shape index (κ1) is 15.8. The molecule has 0 heterocycles. The highest BCUT2D eigenvalue weighted by Gasteiger charge is 2.19. The van der Waals surface area contributed by atoms with Crippen molar-refractivity contribution in [2.24, 2.45) is 5.92 Å². The summed E-state index contributed by atoms with van der Waals surface area (Å²) in [6, 6.07) is 5.53. The van der Waals surface area contributed by atoms with Gasteiger partial charge >= 0.3 is 0 Å². The minimum atomic E-state index is -0.324. The molecule has 1 aromatic carbocycles. The van der Waals surface area contributed by atoms with Crippen LogP contribution in [0, 0.1) is 23.0 Å². The van der Waals surface area contributed by atoms with Crippen LogP contribution >= 0.6 is 0 Å². The minimum Gasteiger partial charge on any atom is -0.382 e. The Balaban J connectivity index is 2.01. The average molecular weight is 290 g/mol. The van der Waals surface area contributed by atoms with Crippen LogP contribution in [0.5, 0.6) is 0 Å². The molecule has 0 bridgehead atoms. The largest absolute Gasteiger partial charge is 0.382 e. The highest BCUT2D eigenvalue weighted by molar-refractivity contribution is 5.57. The van der Waals surface area contributed by atoms with Gasteiger partial charge in [0.05, 0.1) is 4.92 Å². The summed E-state index contributed by atoms with van der Waals surface area (Å²) < 4.78 is 0. The van der Waals surface area contributed by atoms with E-state index in [0.717, 1.165) is 17.2 Å². The quantitative estimate of drug-likeness (QED) is 0.468. The van der Waals surface area contributed by atoms with E-state index in [0.29, 0.717) is 6.04 Å². The summed E-state index contributed by atoms with van der Waals surface area (Å²) in [6.07, 6.45) is 8.82. The Labute approximate surface area is 127 Å². The second-order valence-corrected chi connectivity index (χ2v) is 6.26. The number of aryl methyl sites for hydroxylation is 1. The third-order valence-corrected chi connectivity index (χ3v) is 4.58. The second kappa shape index (κ2) is 7.43. The maximum atomic E-state index is 10.9. The molecule has 116 valence electrons. The van der Waals surface area contributed by atoms with Crippen LogP contribution in [0.3, 0.4) is 0 Å². The summed E-state index contributed by atoms with van der Waals surface area (Å²) in [5, 5.41) is 14.4. The fraction of sp³-hybridized carbons (Fsp3) is 0.647. The Morgan fingerprint density at radius 1 is 1.29 bits per heavy atom. The van der Waals surface area contributed by atoms with Crippen molar-refractivity contribution < 1.29 is 4.92 Å². The van der Waals surface area contributed by atoms with Crippen molar-refractivity contribution in [2.45, 2.75) is 64.8 Å². The minimum absolute atomic E-state index is 0.167. The summed E-state index contributed by atoms with van der Waals surface area (Å²) in [4.78, 5) is 10.6. The van der Waals surface area contributed by atoms with Crippen molar-refractivity contribution in [3.8, 4) is 0 Å². The van der Waals surface area contributed by atoms with Gasteiger partial charge in [0.15, 0.2) is 0 Å². The van der Waals surface area contributed by atoms with E-state index in [1.807, 2.05) is 13.0 Å². The lowest BCUT2D eigenvalue weighted by Gasteiger charge is -2.19. The molecule has 2 unspecified atom stereocenters. The van der Waals surface area contributed by atoms with E-state index in [9.17, 15) is 10.1 Å². The topological polar surface area (TPSA) is 55.2 Å². The molecule has 1 aliphatic rings. The molecule has 0 aliphatic heterocycles. The molecular weight excluding hydrogens is 264 g/mol. The Morgan fingerprint density at radius 2 is 2.10 bits per heavy atom. The Morgan fingerprint density at radius 3 is 2.81 bits per heavy atom. The van der Waals surface area contributed by atoms with Crippen LogP contribution in [0.1, 0.15) is 57.4 Å². The van der Waals surface area contributed by atoms with Crippen molar-refractivity contribution >= 4 is 11.4 Å². The monoisotopic (exact) mass is 290 g/mol. The van der Waals surface area contributed by atoms with Crippen LogP contribution in [0.2, 0.25) is 0 Å². The fourth-order valence-corrected chi connectivity index (χ4v) is 3.32. The predicted octanol–water partition coefficient (Wildman–Crippen LogP) is 5.06. The maximum absolute atomic E-state index is 10.9. The number of nitro benzene ring substituents is 1. The summed E-state index contributed by atoms with van der Waals surface area (Å²) in [7, 11) is 0. The van der Waals surface area contributed by atoms with Crippen molar-refractivity contribution in [1.29, 1.82) is 0 Å². The smallest absolute Gasteiger partial charge is 0.271 e. The summed E-state index contributed by atoms with van der Waals surface area (Å²) in [5.74, 6) is 0.869. The van der Waals surface area contributed by atoms with E-state index < -0.39 is 0 Å². The molecule has 0 radical (unpaired) electrons. The average Bonchev–Trinajstić information content (AvgIpc) is 2.67. The molecule has 0 saturated heterocycles. The van der Waals surface area contributed by atoms with Gasteiger partial charge in [-0.1, -0.05) is 38.7 Å². The van der Waals surface area contributed by atoms with Crippen LogP contribution < -0.4 is 5.32 Å². The molecule has 1 saturated carbocycles. The van der Waals surface area contributed by atoms with Crippen LogP contribution in [0.15, 0.2) is 18.2 Å². The molecule has 1 aliphatic carbocycles. The first-order valence-electron chi connectivity index (χ1n) is 8.11. The maximum Gasteiger partial charge on any atom is 0.271 e. The van der Waals surface area contributed by atoms with Crippen LogP contribution in [-0.2, 0) is 0 Å². The molecule has 4 heteroatoms. The predicted molar refractivity (Wildman–Crippen MR) is 86.7 cm³/mol. The Kier molecular flexibility index (Phi) is 5.59. The Hall–Kier alpha value is -1.58. The number of nitrogens with zero attached hydrogens (tertiary/aromatic N) is 1. The SMILES string of the molecule is CCCC1CCCC(Nc2cc([N+](=O)[O-])ccc2C)CC1. The molecule has 4 nitrogen and oxygen atoms in total. The van der Waals surface area contributed by atoms with Crippen LogP contribution in [0.4, 0.5) is 11.4 Å². The highest BCUT2D eigenvalue weighted by Crippen LogP contribution is 2.30. The van der Waals surface area contributed by atoms with Crippen molar-refractivity contribution in [3.63, 3.8) is 0 Å². The van der Waals surface area contributed by atoms with Gasteiger partial charge in [0, 0.05) is 23.9 Å². The molecule has 0 amide bonds. The third-order valence-electron chi connectivity index (χ3n) is 4.58. The molecule has 2 rings (SSSR count). The van der Waals surface area contributed by atoms with E-state index in [-0.39, 0.29) is 10.6 Å². The molecule has 1 fully saturated rings. The lowest BCUT2D eigenvalue weighted by atomic mass is 9.95. The first-order chi connectivity index (χ1) is 10.1. The van der Waals surface area contributed by atoms with Gasteiger partial charge < -0.3 is 5.32 Å². The molecule has 2 atom stereocenters. The number of anilines is 1. The van der Waals surface area contributed by atoms with E-state index in [4.69, 9.17) is 0 Å². The molecule has 21 heavy (non-hydrogen) atoms. The zero-order chi connectivity index (χ0) is 15.2. The number of nitrogens with one attached hydrogen (secondary N) is 1. The Bertz CT molecular complexity index is 488. The lowest BCUT2D eigenvalue weighted by Crippen LogP contribution is -2.19. The lowest BCUT2D eigenvalue weighted by molar-refractivity contribution is -0.384. The van der Waals surface area contributed by atoms with E-state index >= 15 is 0 Å². The number of non-ortho nitro benzene ring substituents is 1. The van der Waals surface area contributed by atoms with E-state index in [1.165, 1.54) is 44.9 Å². The second-order valence-electron chi connectivity index (χ2n) is 6.26. The number of nitro groups is 1. The summed E-state index contributed by atoms with van der Waals surface area (Å²) in [5.41, 5.74) is 2.17. The normalized spacial score (nSPS) is 22.6. The standard InChI is InChI=1S/C17H26N2O2/c1-3-5-14-6-4-7-15(10-9-14)18-17-12-16(19(20)21)11-8-13(17)2/h8,11-12,14-15,18H,3-7,9-10H2,1-2H3. The van der Waals surface area contributed by atoms with E-state index in [1.54, 1.807) is 12.1 Å². The number of benzene rings is 1. The van der Waals surface area contributed by atoms with Gasteiger partial charge in [0.25, 0.3) is 5.69 Å². The number of hydrogen-bond acceptors (Lipinski definition) is 3. The van der Waals surface area contributed by atoms with Gasteiger partial charge in [-0.25, -0.2) is 0 Å². The molecule has 0 aromatic heterocycles. The fourth-order valence-electron chi connectivity index (χ4n) is 3.32. The van der Waals surface area contributed by atoms with Gasteiger partial charge in [0.2, 0.25) is 0 Å². The van der Waals surface area contributed by atoms with E-state index in [2.05, 4.69) is 12.2 Å². The first-order valence-corrected chi connectivity index (χ1v) is 8.11. The third kappa shape index (κ3) is 4.45. The molecular formula is C17H26N2O2. The van der Waals surface area contributed by atoms with Gasteiger partial charge in [0.1, 0.15) is 0 Å². The van der Waals surface area contributed by atoms with Crippen LogP contribution in [0.25, 0.3) is 0 Å². The van der Waals surface area contributed by atoms with Gasteiger partial charge in [-0.2, -0.15) is 0 Å². The number of rotatable bonds is 5. The zero-order valence-electron chi connectivity index (χ0n) is 13.1. The van der Waals surface area contributed by atoms with Gasteiger partial charge in [-0.3, -0.25) is 10.1 Å². The molecule has 1 aromatic rings.